The second-order valence-corrected chi connectivity index (χ2v) is 6.85. The number of hydrogen-bond acceptors (Lipinski definition) is 6. The van der Waals surface area contributed by atoms with Gasteiger partial charge in [0, 0.05) is 18.8 Å². The SMILES string of the molecule is NC(=O)C1CCCN(Cc2ccc(NC(=O)Cn3ccc([N+](=O)[O-])n3)cc2)C1. The Morgan fingerprint density at radius 1 is 1.29 bits per heavy atom. The molecule has 2 amide bonds. The highest BCUT2D eigenvalue weighted by atomic mass is 16.6. The average molecular weight is 386 g/mol. The topological polar surface area (TPSA) is 136 Å². The molecule has 28 heavy (non-hydrogen) atoms. The van der Waals surface area contributed by atoms with Gasteiger partial charge in [-0.15, -0.1) is 0 Å². The number of nitrogens with one attached hydrogen (secondary N) is 1. The Morgan fingerprint density at radius 3 is 2.68 bits per heavy atom. The molecule has 1 aliphatic heterocycles. The molecule has 1 fully saturated rings. The van der Waals surface area contributed by atoms with Crippen molar-refractivity contribution in [2.75, 3.05) is 18.4 Å². The van der Waals surface area contributed by atoms with Crippen LogP contribution in [-0.4, -0.2) is 44.5 Å². The summed E-state index contributed by atoms with van der Waals surface area (Å²) in [6, 6.07) is 8.68. The van der Waals surface area contributed by atoms with Crippen LogP contribution in [0.4, 0.5) is 11.5 Å². The maximum Gasteiger partial charge on any atom is 0.389 e. The number of nitrogens with two attached hydrogens (primary N) is 1. The van der Waals surface area contributed by atoms with Gasteiger partial charge in [-0.25, -0.2) is 0 Å². The molecule has 3 N–H and O–H groups in total. The predicted molar refractivity (Wildman–Crippen MR) is 101 cm³/mol. The number of hydrogen-bond donors (Lipinski definition) is 2. The Kier molecular flexibility index (Phi) is 5.99. The van der Waals surface area contributed by atoms with Crippen molar-refractivity contribution in [2.45, 2.75) is 25.9 Å². The molecular formula is C18H22N6O4. The van der Waals surface area contributed by atoms with E-state index in [1.165, 1.54) is 16.9 Å². The van der Waals surface area contributed by atoms with Crippen molar-refractivity contribution in [1.29, 1.82) is 0 Å². The number of nitro groups is 1. The lowest BCUT2D eigenvalue weighted by atomic mass is 9.97. The predicted octanol–water partition coefficient (Wildman–Crippen LogP) is 1.13. The maximum absolute atomic E-state index is 12.1. The lowest BCUT2D eigenvalue weighted by Gasteiger charge is -2.31. The summed E-state index contributed by atoms with van der Waals surface area (Å²) in [5.74, 6) is -0.963. The number of piperidine rings is 1. The molecule has 2 aromatic rings. The summed E-state index contributed by atoms with van der Waals surface area (Å²) in [5, 5.41) is 17.1. The van der Waals surface area contributed by atoms with E-state index in [1.54, 1.807) is 12.1 Å². The van der Waals surface area contributed by atoms with Crippen molar-refractivity contribution in [3.05, 3.63) is 52.2 Å². The van der Waals surface area contributed by atoms with Crippen molar-refractivity contribution < 1.29 is 14.5 Å². The van der Waals surface area contributed by atoms with Gasteiger partial charge in [-0.3, -0.25) is 14.5 Å². The van der Waals surface area contributed by atoms with Gasteiger partial charge < -0.3 is 21.2 Å². The summed E-state index contributed by atoms with van der Waals surface area (Å²) in [5.41, 5.74) is 7.12. The van der Waals surface area contributed by atoms with E-state index in [-0.39, 0.29) is 30.1 Å². The van der Waals surface area contributed by atoms with Gasteiger partial charge in [-0.05, 0) is 42.0 Å². The van der Waals surface area contributed by atoms with Crippen LogP contribution in [0.25, 0.3) is 0 Å². The molecule has 3 rings (SSSR count). The van der Waals surface area contributed by atoms with E-state index in [9.17, 15) is 19.7 Å². The molecule has 1 aliphatic rings. The lowest BCUT2D eigenvalue weighted by Crippen LogP contribution is -2.40. The second-order valence-electron chi connectivity index (χ2n) is 6.85. The minimum absolute atomic E-state index is 0.0922. The third-order valence-corrected chi connectivity index (χ3v) is 4.67. The molecule has 148 valence electrons. The zero-order valence-corrected chi connectivity index (χ0v) is 15.3. The lowest BCUT2D eigenvalue weighted by molar-refractivity contribution is -0.389. The molecule has 1 aromatic carbocycles. The molecule has 10 nitrogen and oxygen atoms in total. The van der Waals surface area contributed by atoms with Crippen molar-refractivity contribution in [2.24, 2.45) is 11.7 Å². The summed E-state index contributed by atoms with van der Waals surface area (Å²) in [6.45, 7) is 2.20. The van der Waals surface area contributed by atoms with Crippen LogP contribution >= 0.6 is 0 Å². The minimum atomic E-state index is -0.610. The van der Waals surface area contributed by atoms with E-state index in [2.05, 4.69) is 15.3 Å². The number of amides is 2. The van der Waals surface area contributed by atoms with Gasteiger partial charge in [0.25, 0.3) is 0 Å². The van der Waals surface area contributed by atoms with Crippen LogP contribution in [0.1, 0.15) is 18.4 Å². The summed E-state index contributed by atoms with van der Waals surface area (Å²) < 4.78 is 1.22. The number of likely N-dealkylation sites (tertiary alicyclic amines) is 1. The highest BCUT2D eigenvalue weighted by molar-refractivity contribution is 5.90. The summed E-state index contributed by atoms with van der Waals surface area (Å²) in [4.78, 5) is 35.7. The van der Waals surface area contributed by atoms with E-state index in [4.69, 9.17) is 5.73 Å². The smallest absolute Gasteiger partial charge is 0.369 e. The van der Waals surface area contributed by atoms with Crippen LogP contribution in [-0.2, 0) is 22.7 Å². The van der Waals surface area contributed by atoms with Crippen LogP contribution in [0.15, 0.2) is 36.5 Å². The van der Waals surface area contributed by atoms with Crippen molar-refractivity contribution in [1.82, 2.24) is 14.7 Å². The molecule has 2 heterocycles. The van der Waals surface area contributed by atoms with Gasteiger partial charge >= 0.3 is 5.82 Å². The molecule has 0 spiro atoms. The molecule has 0 radical (unpaired) electrons. The Hall–Kier alpha value is -3.27. The Balaban J connectivity index is 1.51. The van der Waals surface area contributed by atoms with Gasteiger partial charge in [-0.2, -0.15) is 4.68 Å². The first-order chi connectivity index (χ1) is 13.4. The number of carbonyl (C=O) groups is 2. The van der Waals surface area contributed by atoms with Crippen LogP contribution < -0.4 is 11.1 Å². The normalized spacial score (nSPS) is 17.2. The van der Waals surface area contributed by atoms with E-state index in [0.29, 0.717) is 12.2 Å². The number of primary amides is 1. The second kappa shape index (κ2) is 8.61. The van der Waals surface area contributed by atoms with Crippen molar-refractivity contribution in [3.8, 4) is 0 Å². The Bertz CT molecular complexity index is 863. The van der Waals surface area contributed by atoms with Crippen LogP contribution in [0.5, 0.6) is 0 Å². The number of carbonyl (C=O) groups excluding carboxylic acids is 2. The molecule has 1 aromatic heterocycles. The highest BCUT2D eigenvalue weighted by Crippen LogP contribution is 2.19. The molecular weight excluding hydrogens is 364 g/mol. The fourth-order valence-electron chi connectivity index (χ4n) is 3.27. The molecule has 0 bridgehead atoms. The zero-order valence-electron chi connectivity index (χ0n) is 15.3. The quantitative estimate of drug-likeness (QED) is 0.541. The molecule has 0 aliphatic carbocycles. The fraction of sp³-hybridized carbons (Fsp3) is 0.389. The first kappa shape index (κ1) is 19.5. The van der Waals surface area contributed by atoms with Gasteiger partial charge in [0.05, 0.1) is 23.3 Å². The summed E-state index contributed by atoms with van der Waals surface area (Å²) in [7, 11) is 0. The van der Waals surface area contributed by atoms with Crippen LogP contribution in [0.2, 0.25) is 0 Å². The Labute approximate surface area is 161 Å². The van der Waals surface area contributed by atoms with Gasteiger partial charge in [-0.1, -0.05) is 12.1 Å². The fourth-order valence-corrected chi connectivity index (χ4v) is 3.27. The van der Waals surface area contributed by atoms with Crippen LogP contribution in [0.3, 0.4) is 0 Å². The standard InChI is InChI=1S/C18H22N6O4/c19-18(26)14-2-1-8-22(11-14)10-13-3-5-15(6-4-13)20-17(25)12-23-9-7-16(21-23)24(27)28/h3-7,9,14H,1-2,8,10-12H2,(H2,19,26)(H,20,25). The summed E-state index contributed by atoms with van der Waals surface area (Å²) in [6.07, 6.45) is 3.18. The molecule has 1 saturated heterocycles. The highest BCUT2D eigenvalue weighted by Gasteiger charge is 2.23. The van der Waals surface area contributed by atoms with Crippen molar-refractivity contribution in [3.63, 3.8) is 0 Å². The van der Waals surface area contributed by atoms with E-state index in [0.717, 1.165) is 31.5 Å². The largest absolute Gasteiger partial charge is 0.389 e. The maximum atomic E-state index is 12.1. The van der Waals surface area contributed by atoms with Crippen molar-refractivity contribution >= 4 is 23.3 Å². The number of aromatic nitrogens is 2. The Morgan fingerprint density at radius 2 is 2.04 bits per heavy atom. The third kappa shape index (κ3) is 5.13. The molecule has 10 heteroatoms. The molecule has 1 atom stereocenters. The minimum Gasteiger partial charge on any atom is -0.369 e. The number of rotatable bonds is 7. The van der Waals surface area contributed by atoms with Gasteiger partial charge in [0.1, 0.15) is 6.54 Å². The van der Waals surface area contributed by atoms with Gasteiger partial charge in [0.15, 0.2) is 0 Å². The van der Waals surface area contributed by atoms with E-state index >= 15 is 0 Å². The number of nitrogens with zero attached hydrogens (tertiary/aromatic N) is 4. The first-order valence-corrected chi connectivity index (χ1v) is 8.99. The van der Waals surface area contributed by atoms with E-state index < -0.39 is 4.92 Å². The zero-order chi connectivity index (χ0) is 20.1. The van der Waals surface area contributed by atoms with E-state index in [1.807, 2.05) is 12.1 Å². The molecule has 1 unspecified atom stereocenters. The number of benzene rings is 1. The average Bonchev–Trinajstić information content (AvgIpc) is 3.12. The third-order valence-electron chi connectivity index (χ3n) is 4.67. The first-order valence-electron chi connectivity index (χ1n) is 8.99. The van der Waals surface area contributed by atoms with Gasteiger partial charge in [0.2, 0.25) is 11.8 Å². The van der Waals surface area contributed by atoms with Crippen LogP contribution in [0, 0.1) is 16.0 Å². The summed E-state index contributed by atoms with van der Waals surface area (Å²) >= 11 is 0. The monoisotopic (exact) mass is 386 g/mol. The molecule has 0 saturated carbocycles. The number of anilines is 1.